The molecule has 2 aromatic carbocycles. The first-order valence-electron chi connectivity index (χ1n) is 11.6. The summed E-state index contributed by atoms with van der Waals surface area (Å²) in [6, 6.07) is 12.9. The average molecular weight is 593 g/mol. The summed E-state index contributed by atoms with van der Waals surface area (Å²) in [5.74, 6) is -3.31. The Balaban J connectivity index is 0.000000616. The molecule has 42 heavy (non-hydrogen) atoms. The van der Waals surface area contributed by atoms with Crippen LogP contribution in [0.4, 0.5) is 23.2 Å². The number of nitrogens with one attached hydrogen (secondary N) is 3. The van der Waals surface area contributed by atoms with Crippen LogP contribution in [0.5, 0.6) is 11.5 Å². The molecule has 1 unspecified atom stereocenters. The van der Waals surface area contributed by atoms with Crippen molar-refractivity contribution in [2.45, 2.75) is 12.2 Å². The van der Waals surface area contributed by atoms with Crippen LogP contribution >= 0.6 is 0 Å². The van der Waals surface area contributed by atoms with Crippen molar-refractivity contribution >= 4 is 17.5 Å². The van der Waals surface area contributed by atoms with Crippen LogP contribution in [0.25, 0.3) is 5.82 Å². The van der Waals surface area contributed by atoms with Crippen LogP contribution in [0.15, 0.2) is 65.6 Å². The number of anilines is 1. The second kappa shape index (κ2) is 12.7. The Bertz CT molecular complexity index is 1640. The zero-order valence-corrected chi connectivity index (χ0v) is 21.8. The van der Waals surface area contributed by atoms with E-state index < -0.39 is 29.7 Å². The maximum absolute atomic E-state index is 15.4. The zero-order valence-electron chi connectivity index (χ0n) is 21.8. The maximum Gasteiger partial charge on any atom is 0.490 e. The van der Waals surface area contributed by atoms with Crippen molar-refractivity contribution in [1.82, 2.24) is 14.8 Å². The number of carboxylic acids is 1. The molecule has 222 valence electrons. The molecule has 0 fully saturated rings. The number of alkyl halides is 3. The van der Waals surface area contributed by atoms with E-state index in [1.807, 2.05) is 0 Å². The Morgan fingerprint density at radius 3 is 2.36 bits per heavy atom. The minimum atomic E-state index is -5.08. The number of carbonyl (C=O) groups is 1. The number of H-pyrrole nitrogens is 1. The van der Waals surface area contributed by atoms with Gasteiger partial charge in [-0.1, -0.05) is 11.2 Å². The molecule has 1 atom stereocenters. The van der Waals surface area contributed by atoms with Crippen LogP contribution in [0.1, 0.15) is 23.0 Å². The van der Waals surface area contributed by atoms with Gasteiger partial charge in [0, 0.05) is 28.9 Å². The van der Waals surface area contributed by atoms with Crippen molar-refractivity contribution in [3.05, 3.63) is 99.3 Å². The highest BCUT2D eigenvalue weighted by Gasteiger charge is 2.38. The number of aromatic amines is 1. The molecular weight excluding hydrogens is 570 g/mol. The largest absolute Gasteiger partial charge is 0.711 e. The molecular formula is C25H23F4N7O6. The van der Waals surface area contributed by atoms with Crippen LogP contribution < -0.4 is 30.9 Å². The molecule has 0 aliphatic rings. The number of benzene rings is 2. The molecule has 13 nitrogen and oxygen atoms in total. The number of ether oxygens (including phenoxy) is 2. The zero-order chi connectivity index (χ0) is 31.2. The number of rotatable bonds is 8. The summed E-state index contributed by atoms with van der Waals surface area (Å²) in [6.45, 7) is 0. The molecule has 6 N–H and O–H groups in total. The van der Waals surface area contributed by atoms with Gasteiger partial charge in [-0.15, -0.1) is 0 Å². The minimum absolute atomic E-state index is 0.0312. The number of amidine groups is 1. The summed E-state index contributed by atoms with van der Waals surface area (Å²) in [5.41, 5.74) is 5.93. The number of halogens is 4. The Morgan fingerprint density at radius 2 is 1.83 bits per heavy atom. The lowest BCUT2D eigenvalue weighted by atomic mass is 10.0. The van der Waals surface area contributed by atoms with Crippen molar-refractivity contribution < 1.29 is 41.7 Å². The highest BCUT2D eigenvalue weighted by Crippen LogP contribution is 2.34. The lowest BCUT2D eigenvalue weighted by Crippen LogP contribution is -2.35. The molecule has 0 saturated heterocycles. The van der Waals surface area contributed by atoms with Gasteiger partial charge < -0.3 is 30.8 Å². The fraction of sp³-hybridized carbons (Fsp3) is 0.160. The van der Waals surface area contributed by atoms with Gasteiger partial charge in [-0.05, 0) is 41.1 Å². The predicted molar refractivity (Wildman–Crippen MR) is 139 cm³/mol. The van der Waals surface area contributed by atoms with Crippen LogP contribution in [-0.4, -0.2) is 52.1 Å². The van der Waals surface area contributed by atoms with Gasteiger partial charge in [0.05, 0.1) is 20.4 Å². The normalized spacial score (nSPS) is 11.6. The third kappa shape index (κ3) is 7.12. The van der Waals surface area contributed by atoms with Crippen LogP contribution in [0.2, 0.25) is 0 Å². The number of nitrogen functional groups attached to an aromatic ring is 1. The molecule has 0 radical (unpaired) electrons. The standard InChI is InChI=1S/C23H22FN7O4.C2HF3O2/c1-34-15-11-16(19(24)17(12-15)35-2)20(27-14-8-6-13(7-9-14)21(25)26)22-28-23(32)31(29-22)18-5-3-4-10-30(18)33;3-2(4,5)1(6)7/h3-12,20,27H,1-2H3,(H3,25,26)(H,28,29,32);(H,6,7). The van der Waals surface area contributed by atoms with E-state index in [0.29, 0.717) is 21.7 Å². The number of aromatic nitrogens is 4. The minimum Gasteiger partial charge on any atom is -0.711 e. The van der Waals surface area contributed by atoms with E-state index in [2.05, 4.69) is 15.4 Å². The summed E-state index contributed by atoms with van der Waals surface area (Å²) in [4.78, 5) is 24.2. The third-order valence-electron chi connectivity index (χ3n) is 5.49. The van der Waals surface area contributed by atoms with Gasteiger partial charge in [-0.2, -0.15) is 13.2 Å². The predicted octanol–water partition coefficient (Wildman–Crippen LogP) is 2.47. The molecule has 0 bridgehead atoms. The van der Waals surface area contributed by atoms with E-state index >= 15 is 4.39 Å². The molecule has 4 aromatic rings. The smallest absolute Gasteiger partial charge is 0.490 e. The van der Waals surface area contributed by atoms with E-state index in [1.165, 1.54) is 44.7 Å². The van der Waals surface area contributed by atoms with Gasteiger partial charge in [0.1, 0.15) is 17.6 Å². The number of hydrogen-bond acceptors (Lipinski definition) is 8. The molecule has 4 rings (SSSR count). The molecule has 2 aromatic heterocycles. The average Bonchev–Trinajstić information content (AvgIpc) is 3.33. The van der Waals surface area contributed by atoms with Crippen molar-refractivity contribution in [2.24, 2.45) is 5.73 Å². The first-order chi connectivity index (χ1) is 19.8. The van der Waals surface area contributed by atoms with Crippen molar-refractivity contribution in [2.75, 3.05) is 19.5 Å². The first kappa shape index (κ1) is 30.9. The first-order valence-corrected chi connectivity index (χ1v) is 11.6. The van der Waals surface area contributed by atoms with Crippen molar-refractivity contribution in [1.29, 1.82) is 5.41 Å². The van der Waals surface area contributed by atoms with E-state index in [9.17, 15) is 23.2 Å². The number of nitrogens with two attached hydrogens (primary N) is 1. The Morgan fingerprint density at radius 1 is 1.19 bits per heavy atom. The summed E-state index contributed by atoms with van der Waals surface area (Å²) in [6.07, 6.45) is -3.85. The summed E-state index contributed by atoms with van der Waals surface area (Å²) in [7, 11) is 2.75. The molecule has 0 aliphatic carbocycles. The van der Waals surface area contributed by atoms with Gasteiger partial charge >= 0.3 is 23.7 Å². The second-order valence-electron chi connectivity index (χ2n) is 8.22. The Hall–Kier alpha value is -5.61. The van der Waals surface area contributed by atoms with Gasteiger partial charge in [0.15, 0.2) is 17.4 Å². The van der Waals surface area contributed by atoms with Crippen LogP contribution in [0, 0.1) is 16.4 Å². The fourth-order valence-corrected chi connectivity index (χ4v) is 3.48. The van der Waals surface area contributed by atoms with Gasteiger partial charge in [-0.3, -0.25) is 10.4 Å². The highest BCUT2D eigenvalue weighted by molar-refractivity contribution is 5.95. The number of methoxy groups -OCH3 is 2. The fourth-order valence-electron chi connectivity index (χ4n) is 3.48. The van der Waals surface area contributed by atoms with E-state index in [4.69, 9.17) is 30.5 Å². The highest BCUT2D eigenvalue weighted by atomic mass is 19.4. The summed E-state index contributed by atoms with van der Waals surface area (Å²) < 4.78 is 59.0. The SMILES string of the molecule is COc1cc(OC)c(F)c(C(Nc2ccc(C(=N)N)cc2)c2nn(-c3cccc[n+]3[O-])c(=O)[nH]2)c1.O=C(O)C(F)(F)F. The van der Waals surface area contributed by atoms with Crippen LogP contribution in [0.3, 0.4) is 0 Å². The van der Waals surface area contributed by atoms with Gasteiger partial charge in [-0.25, -0.2) is 18.7 Å². The third-order valence-corrected chi connectivity index (χ3v) is 5.49. The van der Waals surface area contributed by atoms with Gasteiger partial charge in [0.25, 0.3) is 0 Å². The van der Waals surface area contributed by atoms with Crippen LogP contribution in [-0.2, 0) is 4.79 Å². The Labute approximate surface area is 233 Å². The van der Waals surface area contributed by atoms with Gasteiger partial charge in [0.2, 0.25) is 0 Å². The van der Waals surface area contributed by atoms with Crippen molar-refractivity contribution in [3.8, 4) is 17.3 Å². The Kier molecular flexibility index (Phi) is 9.36. The van der Waals surface area contributed by atoms with E-state index in [-0.39, 0.29) is 28.8 Å². The van der Waals surface area contributed by atoms with Crippen molar-refractivity contribution in [3.63, 3.8) is 0 Å². The molecule has 17 heteroatoms. The quantitative estimate of drug-likeness (QED) is 0.0670. The number of pyridine rings is 1. The molecule has 2 heterocycles. The number of carboxylic acid groups (broad SMARTS) is 1. The number of hydrogen-bond donors (Lipinski definition) is 5. The molecule has 0 saturated carbocycles. The summed E-state index contributed by atoms with van der Waals surface area (Å²) >= 11 is 0. The second-order valence-corrected chi connectivity index (χ2v) is 8.22. The lowest BCUT2D eigenvalue weighted by Gasteiger charge is -2.20. The van der Waals surface area contributed by atoms with E-state index in [0.717, 1.165) is 4.68 Å². The maximum atomic E-state index is 15.4. The van der Waals surface area contributed by atoms with E-state index in [1.54, 1.807) is 30.3 Å². The topological polar surface area (TPSA) is 195 Å². The monoisotopic (exact) mass is 593 g/mol. The number of aliphatic carboxylic acids is 1. The number of nitrogens with zero attached hydrogens (tertiary/aromatic N) is 3. The molecule has 0 amide bonds. The molecule has 0 spiro atoms. The lowest BCUT2D eigenvalue weighted by molar-refractivity contribution is -0.600. The molecule has 0 aliphatic heterocycles. The summed E-state index contributed by atoms with van der Waals surface area (Å²) in [5, 5.41) is 34.3.